The molecule has 3 aromatic rings. The largest absolute Gasteiger partial charge is 0.361 e. The van der Waals surface area contributed by atoms with Crippen LogP contribution in [0.15, 0.2) is 35.5 Å². The maximum atomic E-state index is 12.5. The van der Waals surface area contributed by atoms with Crippen molar-refractivity contribution in [2.24, 2.45) is 5.92 Å². The van der Waals surface area contributed by atoms with Crippen LogP contribution in [-0.4, -0.2) is 49.0 Å². The third kappa shape index (κ3) is 3.55. The number of nitrogens with zero attached hydrogens (tertiary/aromatic N) is 6. The van der Waals surface area contributed by atoms with Gasteiger partial charge >= 0.3 is 0 Å². The number of aromatic nitrogens is 5. The van der Waals surface area contributed by atoms with Crippen molar-refractivity contribution in [3.8, 4) is 11.3 Å². The summed E-state index contributed by atoms with van der Waals surface area (Å²) in [5, 5.41) is 3.96. The fourth-order valence-corrected chi connectivity index (χ4v) is 3.50. The highest BCUT2D eigenvalue weighted by Gasteiger charge is 2.28. The summed E-state index contributed by atoms with van der Waals surface area (Å²) >= 11 is 0. The quantitative estimate of drug-likeness (QED) is 0.700. The summed E-state index contributed by atoms with van der Waals surface area (Å²) in [7, 11) is 0. The van der Waals surface area contributed by atoms with Crippen molar-refractivity contribution in [2.75, 3.05) is 13.1 Å². The Hall–Kier alpha value is -3.16. The van der Waals surface area contributed by atoms with Gasteiger partial charge < -0.3 is 9.42 Å². The first-order valence-corrected chi connectivity index (χ1v) is 8.91. The molecule has 0 aliphatic carbocycles. The molecule has 27 heavy (non-hydrogen) atoms. The van der Waals surface area contributed by atoms with Gasteiger partial charge in [-0.05, 0) is 38.7 Å². The molecule has 138 valence electrons. The highest BCUT2D eigenvalue weighted by atomic mass is 16.5. The molecule has 1 amide bonds. The molecule has 4 rings (SSSR count). The van der Waals surface area contributed by atoms with Gasteiger partial charge in [-0.2, -0.15) is 0 Å². The summed E-state index contributed by atoms with van der Waals surface area (Å²) in [6.45, 7) is 5.20. The average Bonchev–Trinajstić information content (AvgIpc) is 3.29. The summed E-state index contributed by atoms with van der Waals surface area (Å²) in [5.74, 6) is 1.07. The Bertz CT molecular complexity index is 919. The Morgan fingerprint density at radius 1 is 1.26 bits per heavy atom. The van der Waals surface area contributed by atoms with Gasteiger partial charge in [0.2, 0.25) is 0 Å². The van der Waals surface area contributed by atoms with Crippen LogP contribution in [0.4, 0.5) is 0 Å². The van der Waals surface area contributed by atoms with Gasteiger partial charge in [0, 0.05) is 25.5 Å². The minimum atomic E-state index is -0.0419. The summed E-state index contributed by atoms with van der Waals surface area (Å²) in [5.41, 5.74) is 3.84. The first-order valence-electron chi connectivity index (χ1n) is 8.91. The van der Waals surface area contributed by atoms with Gasteiger partial charge in [0.05, 0.1) is 28.8 Å². The van der Waals surface area contributed by atoms with Crippen LogP contribution in [0, 0.1) is 19.8 Å². The standard InChI is InChI=1S/C19H20N6O2/c1-12-18(13(2)27-24-12)17-9-21-15(8-22-17)7-14-4-6-25(10-14)19(26)16-3-5-20-11-23-16/h3,5,8-9,11,14H,4,6-7,10H2,1-2H3/t14-/m1/s1. The first kappa shape index (κ1) is 17.3. The molecule has 8 nitrogen and oxygen atoms in total. The van der Waals surface area contributed by atoms with E-state index in [9.17, 15) is 4.79 Å². The molecule has 0 radical (unpaired) electrons. The molecule has 1 fully saturated rings. The Kier molecular flexibility index (Phi) is 4.62. The minimum Gasteiger partial charge on any atom is -0.361 e. The second kappa shape index (κ2) is 7.22. The smallest absolute Gasteiger partial charge is 0.272 e. The molecule has 0 N–H and O–H groups in total. The van der Waals surface area contributed by atoms with Crippen molar-refractivity contribution in [3.05, 3.63) is 53.8 Å². The lowest BCUT2D eigenvalue weighted by Crippen LogP contribution is -2.29. The number of carbonyl (C=O) groups excluding carboxylic acids is 1. The van der Waals surface area contributed by atoms with E-state index in [2.05, 4.69) is 25.1 Å². The van der Waals surface area contributed by atoms with E-state index < -0.39 is 0 Å². The Morgan fingerprint density at radius 2 is 2.15 bits per heavy atom. The third-order valence-electron chi connectivity index (χ3n) is 4.87. The highest BCUT2D eigenvalue weighted by Crippen LogP contribution is 2.25. The van der Waals surface area contributed by atoms with Gasteiger partial charge in [0.1, 0.15) is 17.8 Å². The molecule has 3 aromatic heterocycles. The van der Waals surface area contributed by atoms with E-state index in [4.69, 9.17) is 4.52 Å². The molecule has 0 saturated carbocycles. The number of carbonyl (C=O) groups is 1. The lowest BCUT2D eigenvalue weighted by atomic mass is 10.0. The Morgan fingerprint density at radius 3 is 2.81 bits per heavy atom. The molecular weight excluding hydrogens is 344 g/mol. The Balaban J connectivity index is 1.40. The van der Waals surface area contributed by atoms with Crippen LogP contribution in [0.1, 0.15) is 34.1 Å². The zero-order valence-corrected chi connectivity index (χ0v) is 15.3. The van der Waals surface area contributed by atoms with Crippen LogP contribution < -0.4 is 0 Å². The van der Waals surface area contributed by atoms with Crippen LogP contribution in [0.5, 0.6) is 0 Å². The molecule has 1 aliphatic rings. The topological polar surface area (TPSA) is 97.9 Å². The summed E-state index contributed by atoms with van der Waals surface area (Å²) < 4.78 is 5.19. The predicted molar refractivity (Wildman–Crippen MR) is 96.7 cm³/mol. The monoisotopic (exact) mass is 364 g/mol. The molecular formula is C19H20N6O2. The van der Waals surface area contributed by atoms with Crippen LogP contribution in [0.2, 0.25) is 0 Å². The normalized spacial score (nSPS) is 16.7. The fraction of sp³-hybridized carbons (Fsp3) is 0.368. The number of amides is 1. The van der Waals surface area contributed by atoms with Gasteiger partial charge in [-0.3, -0.25) is 14.8 Å². The number of hydrogen-bond acceptors (Lipinski definition) is 7. The van der Waals surface area contributed by atoms with Gasteiger partial charge in [-0.1, -0.05) is 5.16 Å². The van der Waals surface area contributed by atoms with Crippen LogP contribution >= 0.6 is 0 Å². The van der Waals surface area contributed by atoms with E-state index in [0.29, 0.717) is 18.2 Å². The number of rotatable bonds is 4. The van der Waals surface area contributed by atoms with Crippen LogP contribution in [-0.2, 0) is 6.42 Å². The van der Waals surface area contributed by atoms with Crippen LogP contribution in [0.25, 0.3) is 11.3 Å². The second-order valence-electron chi connectivity index (χ2n) is 6.80. The fourth-order valence-electron chi connectivity index (χ4n) is 3.50. The predicted octanol–water partition coefficient (Wildman–Crippen LogP) is 2.24. The van der Waals surface area contributed by atoms with E-state index in [1.165, 1.54) is 6.33 Å². The van der Waals surface area contributed by atoms with E-state index in [-0.39, 0.29) is 5.91 Å². The second-order valence-corrected chi connectivity index (χ2v) is 6.80. The van der Waals surface area contributed by atoms with Crippen molar-refractivity contribution < 1.29 is 9.32 Å². The summed E-state index contributed by atoms with van der Waals surface area (Å²) in [4.78, 5) is 31.3. The molecule has 4 heterocycles. The van der Waals surface area contributed by atoms with Gasteiger partial charge in [-0.15, -0.1) is 0 Å². The van der Waals surface area contributed by atoms with Gasteiger partial charge in [0.15, 0.2) is 0 Å². The number of hydrogen-bond donors (Lipinski definition) is 0. The first-order chi connectivity index (χ1) is 13.1. The minimum absolute atomic E-state index is 0.0419. The van der Waals surface area contributed by atoms with E-state index in [1.807, 2.05) is 18.7 Å². The molecule has 1 aliphatic heterocycles. The number of aryl methyl sites for hydroxylation is 2. The zero-order chi connectivity index (χ0) is 18.8. The van der Waals surface area contributed by atoms with E-state index in [1.54, 1.807) is 24.7 Å². The van der Waals surface area contributed by atoms with Crippen molar-refractivity contribution in [1.29, 1.82) is 0 Å². The van der Waals surface area contributed by atoms with Crippen molar-refractivity contribution in [2.45, 2.75) is 26.7 Å². The van der Waals surface area contributed by atoms with Crippen molar-refractivity contribution in [1.82, 2.24) is 30.0 Å². The molecule has 1 saturated heterocycles. The molecule has 1 atom stereocenters. The molecule has 0 spiro atoms. The maximum absolute atomic E-state index is 12.5. The Labute approximate surface area is 156 Å². The molecule has 0 unspecified atom stereocenters. The van der Waals surface area contributed by atoms with Crippen molar-refractivity contribution >= 4 is 5.91 Å². The average molecular weight is 364 g/mol. The highest BCUT2D eigenvalue weighted by molar-refractivity contribution is 5.92. The SMILES string of the molecule is Cc1noc(C)c1-c1cnc(C[C@H]2CCN(C(=O)c3ccncn3)C2)cn1. The van der Waals surface area contributed by atoms with E-state index >= 15 is 0 Å². The maximum Gasteiger partial charge on any atom is 0.272 e. The zero-order valence-electron chi connectivity index (χ0n) is 15.3. The van der Waals surface area contributed by atoms with E-state index in [0.717, 1.165) is 47.8 Å². The lowest BCUT2D eigenvalue weighted by Gasteiger charge is -2.15. The van der Waals surface area contributed by atoms with Gasteiger partial charge in [0.25, 0.3) is 5.91 Å². The molecule has 8 heteroatoms. The molecule has 0 aromatic carbocycles. The number of likely N-dealkylation sites (tertiary alicyclic amines) is 1. The molecule has 0 bridgehead atoms. The third-order valence-corrected chi connectivity index (χ3v) is 4.87. The van der Waals surface area contributed by atoms with Crippen LogP contribution in [0.3, 0.4) is 0 Å². The summed E-state index contributed by atoms with van der Waals surface area (Å²) in [6.07, 6.45) is 8.30. The summed E-state index contributed by atoms with van der Waals surface area (Å²) in [6, 6.07) is 1.65. The lowest BCUT2D eigenvalue weighted by molar-refractivity contribution is 0.0781. The van der Waals surface area contributed by atoms with Gasteiger partial charge in [-0.25, -0.2) is 9.97 Å². The van der Waals surface area contributed by atoms with Crippen molar-refractivity contribution in [3.63, 3.8) is 0 Å².